The van der Waals surface area contributed by atoms with Crippen molar-refractivity contribution >= 4 is 11.9 Å². The SMILES string of the molecule is COCCCNC(=O)C(C)n1nnc(C(=O)O)c1C. The highest BCUT2D eigenvalue weighted by atomic mass is 16.5. The number of hydrogen-bond acceptors (Lipinski definition) is 5. The topological polar surface area (TPSA) is 106 Å². The van der Waals surface area contributed by atoms with Crippen LogP contribution in [0, 0.1) is 6.92 Å². The number of ether oxygens (including phenoxy) is 1. The molecule has 0 bridgehead atoms. The lowest BCUT2D eigenvalue weighted by molar-refractivity contribution is -0.124. The molecule has 0 aliphatic heterocycles. The van der Waals surface area contributed by atoms with Crippen molar-refractivity contribution in [2.75, 3.05) is 20.3 Å². The maximum absolute atomic E-state index is 11.8. The summed E-state index contributed by atoms with van der Waals surface area (Å²) in [4.78, 5) is 22.7. The van der Waals surface area contributed by atoms with Crippen molar-refractivity contribution < 1.29 is 19.4 Å². The number of methoxy groups -OCH3 is 1. The first-order valence-corrected chi connectivity index (χ1v) is 5.90. The van der Waals surface area contributed by atoms with Crippen LogP contribution in [0.2, 0.25) is 0 Å². The second-order valence-electron chi connectivity index (χ2n) is 4.09. The molecule has 19 heavy (non-hydrogen) atoms. The Morgan fingerprint density at radius 1 is 1.53 bits per heavy atom. The standard InChI is InChI=1S/C11H18N4O4/c1-7-9(11(17)18)13-14-15(7)8(2)10(16)12-5-4-6-19-3/h8H,4-6H2,1-3H3,(H,12,16)(H,17,18). The van der Waals surface area contributed by atoms with Crippen molar-refractivity contribution in [2.24, 2.45) is 0 Å². The summed E-state index contributed by atoms with van der Waals surface area (Å²) in [5.41, 5.74) is 0.214. The molecule has 1 aromatic heterocycles. The van der Waals surface area contributed by atoms with Crippen molar-refractivity contribution in [1.82, 2.24) is 20.3 Å². The predicted octanol–water partition coefficient (Wildman–Crippen LogP) is -0.00158. The highest BCUT2D eigenvalue weighted by Gasteiger charge is 2.22. The van der Waals surface area contributed by atoms with Gasteiger partial charge < -0.3 is 15.2 Å². The average Bonchev–Trinajstić information content (AvgIpc) is 2.75. The van der Waals surface area contributed by atoms with Gasteiger partial charge in [-0.1, -0.05) is 5.21 Å². The molecule has 8 heteroatoms. The van der Waals surface area contributed by atoms with Gasteiger partial charge in [-0.25, -0.2) is 9.48 Å². The van der Waals surface area contributed by atoms with Crippen molar-refractivity contribution in [3.8, 4) is 0 Å². The lowest BCUT2D eigenvalue weighted by atomic mass is 10.2. The lowest BCUT2D eigenvalue weighted by Gasteiger charge is -2.13. The Morgan fingerprint density at radius 3 is 2.74 bits per heavy atom. The van der Waals surface area contributed by atoms with Crippen LogP contribution in [0.1, 0.15) is 35.6 Å². The number of carbonyl (C=O) groups excluding carboxylic acids is 1. The number of carboxylic acids is 1. The molecule has 2 N–H and O–H groups in total. The van der Waals surface area contributed by atoms with E-state index in [9.17, 15) is 9.59 Å². The van der Waals surface area contributed by atoms with Crippen LogP contribution in [0.3, 0.4) is 0 Å². The Labute approximate surface area is 110 Å². The molecule has 8 nitrogen and oxygen atoms in total. The first-order valence-electron chi connectivity index (χ1n) is 5.90. The Balaban J connectivity index is 2.64. The van der Waals surface area contributed by atoms with Crippen LogP contribution in [0.5, 0.6) is 0 Å². The maximum Gasteiger partial charge on any atom is 0.358 e. The number of amides is 1. The van der Waals surface area contributed by atoms with Crippen molar-refractivity contribution in [3.63, 3.8) is 0 Å². The highest BCUT2D eigenvalue weighted by molar-refractivity contribution is 5.86. The molecule has 1 unspecified atom stereocenters. The molecule has 0 saturated carbocycles. The molecule has 106 valence electrons. The molecule has 1 amide bonds. The van der Waals surface area contributed by atoms with Gasteiger partial charge in [0.1, 0.15) is 6.04 Å². The van der Waals surface area contributed by atoms with Gasteiger partial charge in [0.2, 0.25) is 5.91 Å². The molecule has 0 saturated heterocycles. The molecule has 1 aromatic rings. The predicted molar refractivity (Wildman–Crippen MR) is 65.9 cm³/mol. The van der Waals surface area contributed by atoms with Gasteiger partial charge in [0.25, 0.3) is 0 Å². The second-order valence-corrected chi connectivity index (χ2v) is 4.09. The third kappa shape index (κ3) is 3.75. The van der Waals surface area contributed by atoms with Gasteiger partial charge in [-0.05, 0) is 20.3 Å². The zero-order valence-electron chi connectivity index (χ0n) is 11.2. The Bertz CT molecular complexity index is 458. The fourth-order valence-electron chi connectivity index (χ4n) is 1.59. The number of aromatic carboxylic acids is 1. The molecule has 0 fully saturated rings. The van der Waals surface area contributed by atoms with Gasteiger partial charge >= 0.3 is 5.97 Å². The molecule has 0 aliphatic carbocycles. The van der Waals surface area contributed by atoms with Crippen LogP contribution in [0.15, 0.2) is 0 Å². The van der Waals surface area contributed by atoms with Crippen molar-refractivity contribution in [3.05, 3.63) is 11.4 Å². The van der Waals surface area contributed by atoms with E-state index in [1.807, 2.05) is 0 Å². The van der Waals surface area contributed by atoms with E-state index in [2.05, 4.69) is 15.6 Å². The highest BCUT2D eigenvalue weighted by Crippen LogP contribution is 2.11. The third-order valence-corrected chi connectivity index (χ3v) is 2.70. The summed E-state index contributed by atoms with van der Waals surface area (Å²) in [5, 5.41) is 18.8. The van der Waals surface area contributed by atoms with Crippen LogP contribution in [0.25, 0.3) is 0 Å². The summed E-state index contributed by atoms with van der Waals surface area (Å²) in [6, 6.07) is -0.608. The minimum Gasteiger partial charge on any atom is -0.476 e. The quantitative estimate of drug-likeness (QED) is 0.675. The third-order valence-electron chi connectivity index (χ3n) is 2.70. The Morgan fingerprint density at radius 2 is 2.21 bits per heavy atom. The van der Waals surface area contributed by atoms with Crippen LogP contribution >= 0.6 is 0 Å². The van der Waals surface area contributed by atoms with E-state index >= 15 is 0 Å². The van der Waals surface area contributed by atoms with Crippen LogP contribution in [-0.2, 0) is 9.53 Å². The van der Waals surface area contributed by atoms with Gasteiger partial charge in [-0.15, -0.1) is 5.10 Å². The van der Waals surface area contributed by atoms with Gasteiger partial charge in [-0.3, -0.25) is 4.79 Å². The first-order chi connectivity index (χ1) is 8.99. The lowest BCUT2D eigenvalue weighted by Crippen LogP contribution is -2.33. The molecule has 0 aliphatic rings. The molecular formula is C11H18N4O4. The largest absolute Gasteiger partial charge is 0.476 e. The number of nitrogens with one attached hydrogen (secondary N) is 1. The summed E-state index contributed by atoms with van der Waals surface area (Å²) in [5.74, 6) is -1.39. The number of rotatable bonds is 7. The van der Waals surface area contributed by atoms with Crippen LogP contribution in [0.4, 0.5) is 0 Å². The van der Waals surface area contributed by atoms with E-state index < -0.39 is 12.0 Å². The summed E-state index contributed by atoms with van der Waals surface area (Å²) in [7, 11) is 1.59. The van der Waals surface area contributed by atoms with Crippen molar-refractivity contribution in [2.45, 2.75) is 26.3 Å². The van der Waals surface area contributed by atoms with E-state index in [0.29, 0.717) is 25.3 Å². The Hall–Kier alpha value is -1.96. The monoisotopic (exact) mass is 270 g/mol. The molecule has 1 rings (SSSR count). The minimum absolute atomic E-state index is 0.140. The number of carbonyl (C=O) groups is 2. The number of hydrogen-bond donors (Lipinski definition) is 2. The zero-order valence-corrected chi connectivity index (χ0v) is 11.2. The summed E-state index contributed by atoms with van der Waals surface area (Å²) in [6.07, 6.45) is 0.714. The molecule has 0 radical (unpaired) electrons. The molecule has 0 spiro atoms. The van der Waals surface area contributed by atoms with Gasteiger partial charge in [-0.2, -0.15) is 0 Å². The second kappa shape index (κ2) is 6.83. The smallest absolute Gasteiger partial charge is 0.358 e. The van der Waals surface area contributed by atoms with E-state index in [1.54, 1.807) is 21.0 Å². The zero-order chi connectivity index (χ0) is 14.4. The molecule has 1 heterocycles. The van der Waals surface area contributed by atoms with E-state index in [1.165, 1.54) is 4.68 Å². The molecular weight excluding hydrogens is 252 g/mol. The van der Waals surface area contributed by atoms with Crippen LogP contribution in [-0.4, -0.2) is 52.2 Å². The number of nitrogens with zero attached hydrogens (tertiary/aromatic N) is 3. The molecule has 1 atom stereocenters. The number of carboxylic acid groups (broad SMARTS) is 1. The summed E-state index contributed by atoms with van der Waals surface area (Å²) in [6.45, 7) is 4.27. The van der Waals surface area contributed by atoms with Gasteiger partial charge in [0, 0.05) is 20.3 Å². The van der Waals surface area contributed by atoms with E-state index in [0.717, 1.165) is 0 Å². The minimum atomic E-state index is -1.16. The first kappa shape index (κ1) is 15.1. The summed E-state index contributed by atoms with van der Waals surface area (Å²) >= 11 is 0. The fourth-order valence-corrected chi connectivity index (χ4v) is 1.59. The number of aromatic nitrogens is 3. The summed E-state index contributed by atoms with van der Waals surface area (Å²) < 4.78 is 6.17. The molecule has 0 aromatic carbocycles. The fraction of sp³-hybridized carbons (Fsp3) is 0.636. The Kier molecular flexibility index (Phi) is 5.43. The average molecular weight is 270 g/mol. The normalized spacial score (nSPS) is 12.2. The van der Waals surface area contributed by atoms with E-state index in [4.69, 9.17) is 9.84 Å². The van der Waals surface area contributed by atoms with Gasteiger partial charge in [0.15, 0.2) is 5.69 Å². The van der Waals surface area contributed by atoms with Gasteiger partial charge in [0.05, 0.1) is 5.69 Å². The van der Waals surface area contributed by atoms with E-state index in [-0.39, 0.29) is 11.6 Å². The van der Waals surface area contributed by atoms with Crippen LogP contribution < -0.4 is 5.32 Å². The van der Waals surface area contributed by atoms with Crippen molar-refractivity contribution in [1.29, 1.82) is 0 Å². The maximum atomic E-state index is 11.8.